The Kier molecular flexibility index (Phi) is 4.15. The number of aryl methyl sites for hydroxylation is 2. The number of esters is 1. The first kappa shape index (κ1) is 12.1. The van der Waals surface area contributed by atoms with Crippen LogP contribution in [0.25, 0.3) is 0 Å². The highest BCUT2D eigenvalue weighted by molar-refractivity contribution is 6.20. The van der Waals surface area contributed by atoms with E-state index in [1.165, 1.54) is 0 Å². The van der Waals surface area contributed by atoms with E-state index in [-0.39, 0.29) is 5.97 Å². The Labute approximate surface area is 95.2 Å². The minimum atomic E-state index is -0.542. The van der Waals surface area contributed by atoms with Crippen LogP contribution in [0, 0.1) is 13.8 Å². The molecule has 0 aliphatic heterocycles. The van der Waals surface area contributed by atoms with Crippen molar-refractivity contribution >= 4 is 17.6 Å². The molecule has 15 heavy (non-hydrogen) atoms. The molecule has 0 aliphatic carbocycles. The Morgan fingerprint density at radius 3 is 2.60 bits per heavy atom. The van der Waals surface area contributed by atoms with Crippen LogP contribution >= 0.6 is 11.6 Å². The normalized spacial score (nSPS) is 12.3. The summed E-state index contributed by atoms with van der Waals surface area (Å²) in [7, 11) is 0. The summed E-state index contributed by atoms with van der Waals surface area (Å²) < 4.78 is 5.01. The number of halogens is 1. The summed E-state index contributed by atoms with van der Waals surface area (Å²) in [4.78, 5) is 11.6. The van der Waals surface area contributed by atoms with Gasteiger partial charge in [-0.2, -0.15) is 0 Å². The summed E-state index contributed by atoms with van der Waals surface area (Å²) in [5.41, 5.74) is 2.24. The number of hydrogen-bond donors (Lipinski definition) is 0. The number of benzene rings is 1. The van der Waals surface area contributed by atoms with Crippen LogP contribution in [0.15, 0.2) is 18.2 Å². The maximum atomic E-state index is 11.6. The van der Waals surface area contributed by atoms with Gasteiger partial charge in [0.2, 0.25) is 0 Å². The molecule has 1 unspecified atom stereocenters. The Hall–Kier alpha value is -1.02. The van der Waals surface area contributed by atoms with Crippen molar-refractivity contribution in [1.29, 1.82) is 0 Å². The minimum Gasteiger partial charge on any atom is -0.442 e. The topological polar surface area (TPSA) is 26.3 Å². The van der Waals surface area contributed by atoms with Gasteiger partial charge in [-0.15, -0.1) is 0 Å². The fourth-order valence-corrected chi connectivity index (χ4v) is 1.22. The van der Waals surface area contributed by atoms with E-state index in [1.54, 1.807) is 6.07 Å². The van der Waals surface area contributed by atoms with Crippen LogP contribution in [0.5, 0.6) is 0 Å². The van der Waals surface area contributed by atoms with Crippen LogP contribution in [-0.2, 0) is 4.74 Å². The van der Waals surface area contributed by atoms with Crippen LogP contribution in [0.1, 0.15) is 34.8 Å². The lowest BCUT2D eigenvalue weighted by Gasteiger charge is -2.09. The Balaban J connectivity index is 2.78. The van der Waals surface area contributed by atoms with Crippen LogP contribution in [0.4, 0.5) is 0 Å². The van der Waals surface area contributed by atoms with E-state index >= 15 is 0 Å². The van der Waals surface area contributed by atoms with E-state index in [4.69, 9.17) is 16.3 Å². The predicted molar refractivity (Wildman–Crippen MR) is 61.3 cm³/mol. The Morgan fingerprint density at radius 1 is 1.40 bits per heavy atom. The van der Waals surface area contributed by atoms with Crippen LogP contribution < -0.4 is 0 Å². The molecule has 1 rings (SSSR count). The second-order valence-corrected chi connectivity index (χ2v) is 4.01. The van der Waals surface area contributed by atoms with Gasteiger partial charge >= 0.3 is 5.97 Å². The molecule has 0 saturated carbocycles. The Bertz CT molecular complexity index is 361. The zero-order chi connectivity index (χ0) is 11.4. The van der Waals surface area contributed by atoms with Crippen molar-refractivity contribution in [3.8, 4) is 0 Å². The third-order valence-electron chi connectivity index (χ3n) is 2.30. The molecule has 0 bridgehead atoms. The number of carbonyl (C=O) groups is 1. The van der Waals surface area contributed by atoms with Gasteiger partial charge in [-0.25, -0.2) is 4.79 Å². The quantitative estimate of drug-likeness (QED) is 0.583. The molecule has 0 saturated heterocycles. The smallest absolute Gasteiger partial charge is 0.339 e. The molecule has 0 N–H and O–H groups in total. The van der Waals surface area contributed by atoms with Gasteiger partial charge in [-0.05, 0) is 43.5 Å². The highest BCUT2D eigenvalue weighted by Crippen LogP contribution is 2.13. The lowest BCUT2D eigenvalue weighted by atomic mass is 10.1. The molecule has 3 heteroatoms. The molecular weight excluding hydrogens is 212 g/mol. The fraction of sp³-hybridized carbons (Fsp3) is 0.417. The van der Waals surface area contributed by atoms with E-state index < -0.39 is 5.56 Å². The first-order valence-electron chi connectivity index (χ1n) is 4.97. The van der Waals surface area contributed by atoms with Crippen molar-refractivity contribution in [3.05, 3.63) is 34.9 Å². The molecule has 2 nitrogen and oxygen atoms in total. The Morgan fingerprint density at radius 2 is 2.07 bits per heavy atom. The third kappa shape index (κ3) is 3.24. The van der Waals surface area contributed by atoms with Gasteiger partial charge in [-0.3, -0.25) is 0 Å². The molecule has 82 valence electrons. The molecule has 0 fully saturated rings. The molecule has 0 radical (unpaired) electrons. The zero-order valence-corrected chi connectivity index (χ0v) is 9.97. The van der Waals surface area contributed by atoms with Crippen molar-refractivity contribution in [2.24, 2.45) is 0 Å². The summed E-state index contributed by atoms with van der Waals surface area (Å²) in [6.07, 6.45) is 0.609. The predicted octanol–water partition coefficient (Wildman–Crippen LogP) is 3.44. The van der Waals surface area contributed by atoms with E-state index in [0.29, 0.717) is 12.0 Å². The first-order valence-corrected chi connectivity index (χ1v) is 5.40. The highest BCUT2D eigenvalue weighted by atomic mass is 35.5. The largest absolute Gasteiger partial charge is 0.442 e. The van der Waals surface area contributed by atoms with E-state index in [0.717, 1.165) is 11.1 Å². The van der Waals surface area contributed by atoms with Gasteiger partial charge in [0, 0.05) is 0 Å². The maximum absolute atomic E-state index is 11.6. The van der Waals surface area contributed by atoms with Gasteiger partial charge in [0.05, 0.1) is 5.56 Å². The van der Waals surface area contributed by atoms with E-state index in [1.807, 2.05) is 32.9 Å². The van der Waals surface area contributed by atoms with Crippen molar-refractivity contribution in [2.45, 2.75) is 32.8 Å². The van der Waals surface area contributed by atoms with E-state index in [9.17, 15) is 4.79 Å². The van der Waals surface area contributed by atoms with Crippen molar-refractivity contribution < 1.29 is 9.53 Å². The third-order valence-corrected chi connectivity index (χ3v) is 2.70. The molecule has 0 amide bonds. The second-order valence-electron chi connectivity index (χ2n) is 3.52. The van der Waals surface area contributed by atoms with Crippen molar-refractivity contribution in [2.75, 3.05) is 0 Å². The summed E-state index contributed by atoms with van der Waals surface area (Å²) in [5.74, 6) is -0.361. The number of rotatable bonds is 3. The zero-order valence-electron chi connectivity index (χ0n) is 9.21. The van der Waals surface area contributed by atoms with Gasteiger partial charge in [0.25, 0.3) is 0 Å². The van der Waals surface area contributed by atoms with Crippen molar-refractivity contribution in [1.82, 2.24) is 0 Å². The van der Waals surface area contributed by atoms with Crippen LogP contribution in [0.3, 0.4) is 0 Å². The van der Waals surface area contributed by atoms with Gasteiger partial charge < -0.3 is 4.74 Å². The first-order chi connectivity index (χ1) is 7.04. The molecule has 1 aromatic rings. The van der Waals surface area contributed by atoms with Crippen molar-refractivity contribution in [3.63, 3.8) is 0 Å². The maximum Gasteiger partial charge on any atom is 0.339 e. The van der Waals surface area contributed by atoms with Gasteiger partial charge in [0.1, 0.15) is 0 Å². The molecule has 0 aromatic heterocycles. The molecular formula is C12H15ClO2. The molecule has 0 spiro atoms. The lowest BCUT2D eigenvalue weighted by Crippen LogP contribution is -2.12. The van der Waals surface area contributed by atoms with Gasteiger partial charge in [-0.1, -0.05) is 24.6 Å². The fourth-order valence-electron chi connectivity index (χ4n) is 1.14. The average molecular weight is 227 g/mol. The second kappa shape index (κ2) is 5.17. The molecule has 1 aromatic carbocycles. The summed E-state index contributed by atoms with van der Waals surface area (Å²) >= 11 is 5.74. The number of carbonyl (C=O) groups excluding carboxylic acids is 1. The summed E-state index contributed by atoms with van der Waals surface area (Å²) in [6.45, 7) is 5.83. The monoisotopic (exact) mass is 226 g/mol. The lowest BCUT2D eigenvalue weighted by molar-refractivity contribution is 0.0443. The molecule has 0 heterocycles. The average Bonchev–Trinajstić information content (AvgIpc) is 2.21. The highest BCUT2D eigenvalue weighted by Gasteiger charge is 2.12. The number of ether oxygens (including phenoxy) is 1. The van der Waals surface area contributed by atoms with Crippen LogP contribution in [0.2, 0.25) is 0 Å². The van der Waals surface area contributed by atoms with Gasteiger partial charge in [0.15, 0.2) is 5.56 Å². The van der Waals surface area contributed by atoms with E-state index in [2.05, 4.69) is 0 Å². The summed E-state index contributed by atoms with van der Waals surface area (Å²) in [5, 5.41) is 0. The van der Waals surface area contributed by atoms with Crippen LogP contribution in [-0.4, -0.2) is 11.5 Å². The summed E-state index contributed by atoms with van der Waals surface area (Å²) in [6, 6.07) is 5.47. The molecule has 1 atom stereocenters. The number of hydrogen-bond acceptors (Lipinski definition) is 2. The number of alkyl halides is 1. The SMILES string of the molecule is CCC(Cl)OC(=O)c1ccc(C)c(C)c1. The standard InChI is InChI=1S/C12H15ClO2/c1-4-11(13)15-12(14)10-6-5-8(2)9(3)7-10/h5-7,11H,4H2,1-3H3. The molecule has 0 aliphatic rings. The minimum absolute atomic E-state index is 0.361.